The molecule has 1 saturated heterocycles. The number of phenolic OH excluding ortho intramolecular Hbond substituents is 2. The van der Waals surface area contributed by atoms with Crippen molar-refractivity contribution in [2.24, 2.45) is 0 Å². The second-order valence-electron chi connectivity index (χ2n) is 7.44. The number of benzene rings is 2. The zero-order valence-corrected chi connectivity index (χ0v) is 16.1. The van der Waals surface area contributed by atoms with Gasteiger partial charge in [0.25, 0.3) is 5.69 Å². The Labute approximate surface area is 170 Å². The first kappa shape index (κ1) is 19.9. The molecule has 1 aromatic heterocycles. The minimum Gasteiger partial charge on any atom is -0.507 e. The van der Waals surface area contributed by atoms with Crippen LogP contribution in [0.4, 0.5) is 5.69 Å². The van der Waals surface area contributed by atoms with E-state index in [2.05, 4.69) is 0 Å². The van der Waals surface area contributed by atoms with Crippen LogP contribution in [0, 0.1) is 10.1 Å². The summed E-state index contributed by atoms with van der Waals surface area (Å²) < 4.78 is 5.97. The molecule has 0 aliphatic carbocycles. The van der Waals surface area contributed by atoms with Crippen molar-refractivity contribution < 1.29 is 24.7 Å². The fourth-order valence-electron chi connectivity index (χ4n) is 4.18. The number of likely N-dealkylation sites (N-methyl/N-ethyl adjacent to an activating group) is 1. The lowest BCUT2D eigenvalue weighted by molar-refractivity contribution is -0.384. The van der Waals surface area contributed by atoms with Crippen LogP contribution in [0.1, 0.15) is 17.9 Å². The molecule has 1 fully saturated rings. The van der Waals surface area contributed by atoms with Crippen LogP contribution >= 0.6 is 0 Å². The molecule has 3 aromatic rings. The summed E-state index contributed by atoms with van der Waals surface area (Å²) in [6.45, 7) is 0.541. The van der Waals surface area contributed by atoms with Crippen molar-refractivity contribution in [1.29, 1.82) is 0 Å². The molecule has 156 valence electrons. The number of likely N-dealkylation sites (tertiary alicyclic amines) is 1. The number of fused-ring (bicyclic) bond motifs is 1. The lowest BCUT2D eigenvalue weighted by Crippen LogP contribution is -2.32. The van der Waals surface area contributed by atoms with Gasteiger partial charge in [-0.05, 0) is 32.1 Å². The zero-order valence-electron chi connectivity index (χ0n) is 16.1. The molecule has 0 unspecified atom stereocenters. The standard InChI is InChI=1S/C21H20N2O7/c1-22-7-6-13(14(22)10-24)19-15(25)8-16(26)20-17(27)9-18(30-21(19)20)11-2-4-12(5-3-11)23(28)29/h2-5,8-9,13-14,24-26H,6-7,10H2,1H3/t13-,14+/m0/s1. The molecular weight excluding hydrogens is 392 g/mol. The quantitative estimate of drug-likeness (QED) is 0.439. The van der Waals surface area contributed by atoms with Gasteiger partial charge in [-0.25, -0.2) is 0 Å². The van der Waals surface area contributed by atoms with Crippen molar-refractivity contribution in [2.75, 3.05) is 20.2 Å². The molecule has 2 aromatic carbocycles. The molecule has 9 nitrogen and oxygen atoms in total. The van der Waals surface area contributed by atoms with Crippen molar-refractivity contribution in [3.05, 3.63) is 62.3 Å². The van der Waals surface area contributed by atoms with Gasteiger partial charge in [0.2, 0.25) is 0 Å². The lowest BCUT2D eigenvalue weighted by atomic mass is 9.89. The molecule has 0 amide bonds. The maximum absolute atomic E-state index is 12.8. The number of nitro benzene ring substituents is 1. The van der Waals surface area contributed by atoms with Crippen molar-refractivity contribution in [1.82, 2.24) is 4.90 Å². The highest BCUT2D eigenvalue weighted by Crippen LogP contribution is 2.44. The van der Waals surface area contributed by atoms with Crippen molar-refractivity contribution in [3.63, 3.8) is 0 Å². The molecule has 0 bridgehead atoms. The first-order chi connectivity index (χ1) is 14.3. The number of non-ortho nitro benzene ring substituents is 1. The number of hydrogen-bond donors (Lipinski definition) is 3. The van der Waals surface area contributed by atoms with Crippen LogP contribution in [0.25, 0.3) is 22.3 Å². The van der Waals surface area contributed by atoms with E-state index in [1.165, 1.54) is 30.3 Å². The third kappa shape index (κ3) is 3.17. The highest BCUT2D eigenvalue weighted by molar-refractivity contribution is 5.89. The maximum Gasteiger partial charge on any atom is 0.269 e. The SMILES string of the molecule is CN1CC[C@H](c2c(O)cc(O)c3c(=O)cc(-c4ccc([N+](=O)[O-])cc4)oc23)[C@H]1CO. The Balaban J connectivity index is 1.95. The van der Waals surface area contributed by atoms with E-state index in [-0.39, 0.29) is 46.7 Å². The predicted molar refractivity (Wildman–Crippen MR) is 109 cm³/mol. The van der Waals surface area contributed by atoms with Crippen LogP contribution in [0.3, 0.4) is 0 Å². The van der Waals surface area contributed by atoms with E-state index < -0.39 is 16.1 Å². The molecule has 2 heterocycles. The highest BCUT2D eigenvalue weighted by Gasteiger charge is 2.36. The molecule has 0 radical (unpaired) electrons. The van der Waals surface area contributed by atoms with Gasteiger partial charge in [0.15, 0.2) is 5.43 Å². The van der Waals surface area contributed by atoms with Crippen LogP contribution in [0.2, 0.25) is 0 Å². The van der Waals surface area contributed by atoms with Crippen LogP contribution in [0.15, 0.2) is 45.6 Å². The first-order valence-electron chi connectivity index (χ1n) is 9.40. The highest BCUT2D eigenvalue weighted by atomic mass is 16.6. The van der Waals surface area contributed by atoms with Gasteiger partial charge in [0, 0.05) is 47.4 Å². The van der Waals surface area contributed by atoms with Gasteiger partial charge in [-0.2, -0.15) is 0 Å². The number of rotatable bonds is 4. The third-order valence-electron chi connectivity index (χ3n) is 5.74. The number of aromatic hydroxyl groups is 2. The number of aliphatic hydroxyl groups is 1. The molecular formula is C21H20N2O7. The second kappa shape index (κ2) is 7.43. The van der Waals surface area contributed by atoms with E-state index in [1.807, 2.05) is 11.9 Å². The Hall–Kier alpha value is -3.43. The largest absolute Gasteiger partial charge is 0.507 e. The van der Waals surface area contributed by atoms with E-state index in [1.54, 1.807) is 0 Å². The molecule has 4 rings (SSSR count). The Morgan fingerprint density at radius 2 is 1.90 bits per heavy atom. The molecule has 0 spiro atoms. The van der Waals surface area contributed by atoms with Gasteiger partial charge in [0.1, 0.15) is 28.2 Å². The molecule has 3 N–H and O–H groups in total. The van der Waals surface area contributed by atoms with Crippen LogP contribution in [-0.4, -0.2) is 51.4 Å². The van der Waals surface area contributed by atoms with Gasteiger partial charge in [-0.3, -0.25) is 14.9 Å². The number of aliphatic hydroxyl groups excluding tert-OH is 1. The summed E-state index contributed by atoms with van der Waals surface area (Å²) in [6, 6.07) is 7.56. The monoisotopic (exact) mass is 412 g/mol. The summed E-state index contributed by atoms with van der Waals surface area (Å²) >= 11 is 0. The van der Waals surface area contributed by atoms with Crippen molar-refractivity contribution in [3.8, 4) is 22.8 Å². The Bertz CT molecular complexity index is 1190. The van der Waals surface area contributed by atoms with Gasteiger partial charge in [-0.15, -0.1) is 0 Å². The molecule has 9 heteroatoms. The Morgan fingerprint density at radius 1 is 1.20 bits per heavy atom. The van der Waals surface area contributed by atoms with E-state index >= 15 is 0 Å². The van der Waals surface area contributed by atoms with Crippen LogP contribution in [0.5, 0.6) is 11.5 Å². The average Bonchev–Trinajstić information content (AvgIpc) is 3.07. The molecule has 1 aliphatic heterocycles. The van der Waals surface area contributed by atoms with Gasteiger partial charge >= 0.3 is 0 Å². The van der Waals surface area contributed by atoms with Gasteiger partial charge in [-0.1, -0.05) is 0 Å². The third-order valence-corrected chi connectivity index (χ3v) is 5.74. The fourth-order valence-corrected chi connectivity index (χ4v) is 4.18. The summed E-state index contributed by atoms with van der Waals surface area (Å²) in [5, 5.41) is 41.5. The number of phenols is 2. The minimum atomic E-state index is -0.528. The maximum atomic E-state index is 12.8. The van der Waals surface area contributed by atoms with E-state index in [0.717, 1.165) is 6.07 Å². The van der Waals surface area contributed by atoms with Crippen molar-refractivity contribution >= 4 is 16.7 Å². The average molecular weight is 412 g/mol. The fraction of sp³-hybridized carbons (Fsp3) is 0.286. The number of nitrogens with zero attached hydrogens (tertiary/aromatic N) is 2. The molecule has 1 aliphatic rings. The smallest absolute Gasteiger partial charge is 0.269 e. The second-order valence-corrected chi connectivity index (χ2v) is 7.44. The number of hydrogen-bond acceptors (Lipinski definition) is 8. The normalized spacial score (nSPS) is 19.4. The topological polar surface area (TPSA) is 137 Å². The van der Waals surface area contributed by atoms with E-state index in [9.17, 15) is 30.2 Å². The lowest BCUT2D eigenvalue weighted by Gasteiger charge is -2.24. The van der Waals surface area contributed by atoms with Crippen LogP contribution < -0.4 is 5.43 Å². The minimum absolute atomic E-state index is 0.0482. The van der Waals surface area contributed by atoms with Gasteiger partial charge < -0.3 is 24.6 Å². The predicted octanol–water partition coefficient (Wildman–Crippen LogP) is 2.56. The van der Waals surface area contributed by atoms with Crippen molar-refractivity contribution in [2.45, 2.75) is 18.4 Å². The number of nitro groups is 1. The summed E-state index contributed by atoms with van der Waals surface area (Å²) in [6.07, 6.45) is 0.626. The van der Waals surface area contributed by atoms with E-state index in [0.29, 0.717) is 24.1 Å². The Kier molecular flexibility index (Phi) is 4.92. The summed E-state index contributed by atoms with van der Waals surface area (Å²) in [5.74, 6) is -0.774. The summed E-state index contributed by atoms with van der Waals surface area (Å²) in [7, 11) is 1.86. The molecule has 30 heavy (non-hydrogen) atoms. The summed E-state index contributed by atoms with van der Waals surface area (Å²) in [4.78, 5) is 25.1. The van der Waals surface area contributed by atoms with Gasteiger partial charge in [0.05, 0.1) is 11.5 Å². The Morgan fingerprint density at radius 3 is 2.53 bits per heavy atom. The summed E-state index contributed by atoms with van der Waals surface area (Å²) in [5.41, 5.74) is 0.239. The molecule has 2 atom stereocenters. The first-order valence-corrected chi connectivity index (χ1v) is 9.40. The molecule has 0 saturated carbocycles. The van der Waals surface area contributed by atoms with Crippen LogP contribution in [-0.2, 0) is 0 Å². The zero-order chi connectivity index (χ0) is 21.6. The van der Waals surface area contributed by atoms with E-state index in [4.69, 9.17) is 4.42 Å².